The van der Waals surface area contributed by atoms with Gasteiger partial charge in [0.1, 0.15) is 11.6 Å². The van der Waals surface area contributed by atoms with E-state index in [0.29, 0.717) is 0 Å². The molecule has 0 saturated carbocycles. The second-order valence-corrected chi connectivity index (χ2v) is 2.33. The van der Waals surface area contributed by atoms with Gasteiger partial charge in [-0.3, -0.25) is 0 Å². The Hall–Kier alpha value is -1.77. The van der Waals surface area contributed by atoms with E-state index in [-0.39, 0.29) is 5.88 Å². The fourth-order valence-electron chi connectivity index (χ4n) is 0.897. The van der Waals surface area contributed by atoms with Crippen molar-refractivity contribution in [1.29, 1.82) is 5.26 Å². The molecule has 0 atom stereocenters. The maximum atomic E-state index is 12.9. The van der Waals surface area contributed by atoms with Gasteiger partial charge in [0.25, 0.3) is 6.43 Å². The molecule has 0 aromatic carbocycles. The summed E-state index contributed by atoms with van der Waals surface area (Å²) in [4.78, 5) is 3.16. The lowest BCUT2D eigenvalue weighted by atomic mass is 10.1. The highest BCUT2D eigenvalue weighted by atomic mass is 19.3. The first-order chi connectivity index (χ1) is 6.60. The molecule has 74 valence electrons. The topological polar surface area (TPSA) is 45.9 Å². The van der Waals surface area contributed by atoms with Gasteiger partial charge in [-0.1, -0.05) is 0 Å². The van der Waals surface area contributed by atoms with Crippen molar-refractivity contribution >= 4 is 0 Å². The second kappa shape index (κ2) is 3.96. The van der Waals surface area contributed by atoms with Crippen molar-refractivity contribution in [3.8, 4) is 11.9 Å². The Balaban J connectivity index is 3.37. The molecular weight excluding hydrogens is 197 g/mol. The Morgan fingerprint density at radius 1 is 1.57 bits per heavy atom. The number of aromatic nitrogens is 1. The van der Waals surface area contributed by atoms with E-state index in [9.17, 15) is 13.2 Å². The number of hydrogen-bond acceptors (Lipinski definition) is 3. The summed E-state index contributed by atoms with van der Waals surface area (Å²) in [5.41, 5.74) is -1.46. The van der Waals surface area contributed by atoms with Gasteiger partial charge in [-0.15, -0.1) is 0 Å². The van der Waals surface area contributed by atoms with Gasteiger partial charge in [0.2, 0.25) is 11.8 Å². The molecule has 0 amide bonds. The molecule has 6 heteroatoms. The van der Waals surface area contributed by atoms with Crippen LogP contribution in [-0.2, 0) is 0 Å². The Morgan fingerprint density at radius 2 is 2.21 bits per heavy atom. The van der Waals surface area contributed by atoms with Gasteiger partial charge in [0, 0.05) is 11.6 Å². The molecule has 1 aromatic heterocycles. The number of methoxy groups -OCH3 is 1. The first-order valence-electron chi connectivity index (χ1n) is 3.52. The molecule has 0 bridgehead atoms. The van der Waals surface area contributed by atoms with Gasteiger partial charge >= 0.3 is 0 Å². The summed E-state index contributed by atoms with van der Waals surface area (Å²) in [6.45, 7) is 0. The van der Waals surface area contributed by atoms with Crippen LogP contribution >= 0.6 is 0 Å². The van der Waals surface area contributed by atoms with Crippen molar-refractivity contribution in [2.75, 3.05) is 7.11 Å². The highest BCUT2D eigenvalue weighted by Crippen LogP contribution is 2.26. The van der Waals surface area contributed by atoms with Gasteiger partial charge in [-0.2, -0.15) is 14.6 Å². The molecule has 0 aliphatic heterocycles. The zero-order valence-corrected chi connectivity index (χ0v) is 7.09. The lowest BCUT2D eigenvalue weighted by molar-refractivity contribution is 0.149. The molecule has 0 aliphatic carbocycles. The number of ether oxygens (including phenoxy) is 1. The number of rotatable bonds is 2. The summed E-state index contributed by atoms with van der Waals surface area (Å²) in [5, 5.41) is 8.41. The summed E-state index contributed by atoms with van der Waals surface area (Å²) in [6.07, 6.45) is -2.93. The predicted octanol–water partition coefficient (Wildman–Crippen LogP) is 2.04. The van der Waals surface area contributed by atoms with E-state index < -0.39 is 23.5 Å². The fraction of sp³-hybridized carbons (Fsp3) is 0.250. The SMILES string of the molecule is COc1cc(C(F)F)c(C#N)c(F)n1. The number of halogens is 3. The Kier molecular flexibility index (Phi) is 2.92. The normalized spacial score (nSPS) is 10.0. The molecule has 0 radical (unpaired) electrons. The van der Waals surface area contributed by atoms with Gasteiger partial charge in [0.05, 0.1) is 7.11 Å². The van der Waals surface area contributed by atoms with E-state index >= 15 is 0 Å². The molecular formula is C8H5F3N2O. The van der Waals surface area contributed by atoms with Crippen LogP contribution in [0.3, 0.4) is 0 Å². The number of nitriles is 1. The highest BCUT2D eigenvalue weighted by Gasteiger charge is 2.19. The van der Waals surface area contributed by atoms with Crippen LogP contribution in [0.25, 0.3) is 0 Å². The first-order valence-corrected chi connectivity index (χ1v) is 3.52. The largest absolute Gasteiger partial charge is 0.481 e. The maximum absolute atomic E-state index is 12.9. The quantitative estimate of drug-likeness (QED) is 0.689. The smallest absolute Gasteiger partial charge is 0.265 e. The third kappa shape index (κ3) is 1.76. The highest BCUT2D eigenvalue weighted by molar-refractivity contribution is 5.39. The molecule has 0 fully saturated rings. The number of nitrogens with zero attached hydrogens (tertiary/aromatic N) is 2. The van der Waals surface area contributed by atoms with E-state index in [1.807, 2.05) is 0 Å². The van der Waals surface area contributed by atoms with Crippen molar-refractivity contribution in [3.63, 3.8) is 0 Å². The van der Waals surface area contributed by atoms with Crippen LogP contribution in [-0.4, -0.2) is 12.1 Å². The molecule has 14 heavy (non-hydrogen) atoms. The molecule has 1 rings (SSSR count). The van der Waals surface area contributed by atoms with Crippen LogP contribution in [0.1, 0.15) is 17.6 Å². The number of pyridine rings is 1. The van der Waals surface area contributed by atoms with Crippen LogP contribution in [0.4, 0.5) is 13.2 Å². The lowest BCUT2D eigenvalue weighted by Gasteiger charge is -2.05. The van der Waals surface area contributed by atoms with Crippen molar-refractivity contribution in [1.82, 2.24) is 4.98 Å². The predicted molar refractivity (Wildman–Crippen MR) is 40.4 cm³/mol. The van der Waals surface area contributed by atoms with E-state index in [1.165, 1.54) is 13.2 Å². The first kappa shape index (κ1) is 10.3. The van der Waals surface area contributed by atoms with Crippen molar-refractivity contribution in [2.24, 2.45) is 0 Å². The molecule has 1 aromatic rings. The van der Waals surface area contributed by atoms with E-state index in [4.69, 9.17) is 5.26 Å². The molecule has 0 spiro atoms. The fourth-order valence-corrected chi connectivity index (χ4v) is 0.897. The van der Waals surface area contributed by atoms with Gasteiger partial charge in [0.15, 0.2) is 0 Å². The molecule has 0 N–H and O–H groups in total. The summed E-state index contributed by atoms with van der Waals surface area (Å²) >= 11 is 0. The minimum atomic E-state index is -2.93. The standard InChI is InChI=1S/C8H5F3N2O/c1-14-6-2-4(7(9)10)5(3-12)8(11)13-6/h2,7H,1H3. The van der Waals surface area contributed by atoms with Crippen LogP contribution in [0, 0.1) is 17.3 Å². The molecule has 0 saturated heterocycles. The number of hydrogen-bond donors (Lipinski definition) is 0. The summed E-state index contributed by atoms with van der Waals surface area (Å²) in [6, 6.07) is 2.16. The van der Waals surface area contributed by atoms with Gasteiger partial charge in [-0.05, 0) is 0 Å². The average molecular weight is 202 g/mol. The van der Waals surface area contributed by atoms with Gasteiger partial charge in [-0.25, -0.2) is 8.78 Å². The van der Waals surface area contributed by atoms with Crippen LogP contribution in [0.15, 0.2) is 6.07 Å². The number of alkyl halides is 2. The zero-order chi connectivity index (χ0) is 10.7. The lowest BCUT2D eigenvalue weighted by Crippen LogP contribution is -2.00. The monoisotopic (exact) mass is 202 g/mol. The van der Waals surface area contributed by atoms with Gasteiger partial charge < -0.3 is 4.74 Å². The molecule has 0 aliphatic rings. The minimum Gasteiger partial charge on any atom is -0.481 e. The van der Waals surface area contributed by atoms with E-state index in [0.717, 1.165) is 6.07 Å². The summed E-state index contributed by atoms with van der Waals surface area (Å²) in [7, 11) is 1.17. The van der Waals surface area contributed by atoms with Crippen LogP contribution in [0.5, 0.6) is 5.88 Å². The zero-order valence-electron chi connectivity index (χ0n) is 7.09. The van der Waals surface area contributed by atoms with E-state index in [2.05, 4.69) is 9.72 Å². The molecule has 0 unspecified atom stereocenters. The Bertz CT molecular complexity index is 387. The van der Waals surface area contributed by atoms with Crippen LogP contribution < -0.4 is 4.74 Å². The van der Waals surface area contributed by atoms with Crippen LogP contribution in [0.2, 0.25) is 0 Å². The third-order valence-electron chi connectivity index (χ3n) is 1.54. The second-order valence-electron chi connectivity index (χ2n) is 2.33. The Labute approximate surface area is 77.7 Å². The average Bonchev–Trinajstić information content (AvgIpc) is 2.16. The summed E-state index contributed by atoms with van der Waals surface area (Å²) < 4.78 is 42.0. The third-order valence-corrected chi connectivity index (χ3v) is 1.54. The van der Waals surface area contributed by atoms with Crippen molar-refractivity contribution in [3.05, 3.63) is 23.1 Å². The van der Waals surface area contributed by atoms with Crippen molar-refractivity contribution < 1.29 is 17.9 Å². The maximum Gasteiger partial charge on any atom is 0.265 e. The molecule has 1 heterocycles. The van der Waals surface area contributed by atoms with E-state index in [1.54, 1.807) is 0 Å². The minimum absolute atomic E-state index is 0.281. The van der Waals surface area contributed by atoms with Crippen molar-refractivity contribution in [2.45, 2.75) is 6.43 Å². The molecule has 3 nitrogen and oxygen atoms in total. The Morgan fingerprint density at radius 3 is 2.64 bits per heavy atom. The summed E-state index contributed by atoms with van der Waals surface area (Å²) in [5.74, 6) is -1.53.